The number of aryl methyl sites for hydroxylation is 2. The number of rotatable bonds is 4. The van der Waals surface area contributed by atoms with Gasteiger partial charge in [0.2, 0.25) is 5.91 Å². The molecule has 3 rings (SSSR count). The van der Waals surface area contributed by atoms with Gasteiger partial charge in [-0.05, 0) is 32.4 Å². The molecular formula is C15H14F2N2O4. The molecule has 1 N–H and O–H groups in total. The number of halogens is 2. The number of hydrogen-bond donors (Lipinski definition) is 1. The number of carbonyl (C=O) groups is 1. The maximum Gasteiger partial charge on any atom is 0.586 e. The van der Waals surface area contributed by atoms with Gasteiger partial charge in [-0.25, -0.2) is 0 Å². The topological polar surface area (TPSA) is 73.6 Å². The third-order valence-electron chi connectivity index (χ3n) is 3.47. The quantitative estimate of drug-likeness (QED) is 0.935. The first-order valence-electron chi connectivity index (χ1n) is 6.95. The van der Waals surface area contributed by atoms with E-state index in [-0.39, 0.29) is 23.8 Å². The van der Waals surface area contributed by atoms with Gasteiger partial charge in [0, 0.05) is 23.7 Å². The highest BCUT2D eigenvalue weighted by Crippen LogP contribution is 2.42. The second-order valence-electron chi connectivity index (χ2n) is 5.18. The molecule has 6 nitrogen and oxygen atoms in total. The summed E-state index contributed by atoms with van der Waals surface area (Å²) in [7, 11) is 0. The summed E-state index contributed by atoms with van der Waals surface area (Å²) < 4.78 is 39.5. The van der Waals surface area contributed by atoms with Crippen LogP contribution >= 0.6 is 0 Å². The first-order chi connectivity index (χ1) is 10.8. The molecule has 0 atom stereocenters. The molecule has 0 saturated carbocycles. The number of benzene rings is 1. The molecule has 8 heteroatoms. The van der Waals surface area contributed by atoms with Gasteiger partial charge in [0.15, 0.2) is 11.5 Å². The minimum absolute atomic E-state index is 0.0660. The average molecular weight is 324 g/mol. The zero-order valence-electron chi connectivity index (χ0n) is 12.5. The number of amides is 1. The molecule has 0 saturated heterocycles. The van der Waals surface area contributed by atoms with Crippen LogP contribution in [-0.2, 0) is 11.2 Å². The van der Waals surface area contributed by atoms with Gasteiger partial charge in [-0.15, -0.1) is 8.78 Å². The SMILES string of the molecule is Cc1noc(C)c1CCC(=O)Nc1ccc2c(c1)OC(F)(F)O2. The Bertz CT molecular complexity index is 738. The molecule has 2 aromatic rings. The number of anilines is 1. The van der Waals surface area contributed by atoms with E-state index in [1.165, 1.54) is 18.2 Å². The average Bonchev–Trinajstić information content (AvgIpc) is 2.94. The van der Waals surface area contributed by atoms with Crippen molar-refractivity contribution in [1.82, 2.24) is 5.16 Å². The summed E-state index contributed by atoms with van der Waals surface area (Å²) in [6.07, 6.45) is -2.97. The van der Waals surface area contributed by atoms with Crippen molar-refractivity contribution in [3.05, 3.63) is 35.2 Å². The number of ether oxygens (including phenoxy) is 2. The Balaban J connectivity index is 1.61. The molecule has 23 heavy (non-hydrogen) atoms. The number of hydrogen-bond acceptors (Lipinski definition) is 5. The summed E-state index contributed by atoms with van der Waals surface area (Å²) in [4.78, 5) is 12.0. The van der Waals surface area contributed by atoms with Crippen LogP contribution in [-0.4, -0.2) is 17.4 Å². The van der Waals surface area contributed by atoms with Gasteiger partial charge in [0.1, 0.15) is 5.76 Å². The Labute approximate surface area is 130 Å². The predicted octanol–water partition coefficient (Wildman–Crippen LogP) is 3.18. The zero-order chi connectivity index (χ0) is 16.6. The molecule has 1 aromatic carbocycles. The number of nitrogens with zero attached hydrogens (tertiary/aromatic N) is 1. The molecule has 0 aliphatic carbocycles. The molecule has 1 amide bonds. The van der Waals surface area contributed by atoms with Crippen LogP contribution in [0.2, 0.25) is 0 Å². The fraction of sp³-hybridized carbons (Fsp3) is 0.333. The first kappa shape index (κ1) is 15.3. The molecule has 2 heterocycles. The van der Waals surface area contributed by atoms with Crippen molar-refractivity contribution in [1.29, 1.82) is 0 Å². The van der Waals surface area contributed by atoms with E-state index >= 15 is 0 Å². The van der Waals surface area contributed by atoms with E-state index in [2.05, 4.69) is 19.9 Å². The summed E-state index contributed by atoms with van der Waals surface area (Å²) in [6, 6.07) is 4.08. The predicted molar refractivity (Wildman–Crippen MR) is 75.6 cm³/mol. The van der Waals surface area contributed by atoms with Crippen LogP contribution in [0.1, 0.15) is 23.4 Å². The van der Waals surface area contributed by atoms with Gasteiger partial charge < -0.3 is 19.3 Å². The molecule has 1 aliphatic rings. The second kappa shape index (κ2) is 5.53. The normalized spacial score (nSPS) is 14.8. The van der Waals surface area contributed by atoms with Crippen molar-refractivity contribution in [3.8, 4) is 11.5 Å². The summed E-state index contributed by atoms with van der Waals surface area (Å²) in [5.74, 6) is 0.249. The fourth-order valence-electron chi connectivity index (χ4n) is 2.35. The van der Waals surface area contributed by atoms with E-state index in [0.29, 0.717) is 17.9 Å². The van der Waals surface area contributed by atoms with Gasteiger partial charge in [0.05, 0.1) is 5.69 Å². The molecule has 1 aliphatic heterocycles. The zero-order valence-corrected chi connectivity index (χ0v) is 12.5. The van der Waals surface area contributed by atoms with Crippen molar-refractivity contribution >= 4 is 11.6 Å². The number of alkyl halides is 2. The van der Waals surface area contributed by atoms with Crippen LogP contribution in [0, 0.1) is 13.8 Å². The highest BCUT2D eigenvalue weighted by Gasteiger charge is 2.43. The Morgan fingerprint density at radius 2 is 2.00 bits per heavy atom. The van der Waals surface area contributed by atoms with Crippen molar-refractivity contribution in [2.45, 2.75) is 33.0 Å². The molecule has 0 unspecified atom stereocenters. The number of carbonyl (C=O) groups excluding carboxylic acids is 1. The molecule has 0 spiro atoms. The van der Waals surface area contributed by atoms with Crippen LogP contribution < -0.4 is 14.8 Å². The van der Waals surface area contributed by atoms with Crippen molar-refractivity contribution in [2.75, 3.05) is 5.32 Å². The number of fused-ring (bicyclic) bond motifs is 1. The van der Waals surface area contributed by atoms with Crippen LogP contribution in [0.5, 0.6) is 11.5 Å². The third-order valence-corrected chi connectivity index (χ3v) is 3.47. The summed E-state index contributed by atoms with van der Waals surface area (Å²) >= 11 is 0. The van der Waals surface area contributed by atoms with E-state index in [9.17, 15) is 13.6 Å². The smallest absolute Gasteiger partial charge is 0.395 e. The molecule has 0 bridgehead atoms. The van der Waals surface area contributed by atoms with Gasteiger partial charge in [-0.3, -0.25) is 4.79 Å². The Morgan fingerprint density at radius 3 is 2.70 bits per heavy atom. The highest BCUT2D eigenvalue weighted by molar-refractivity contribution is 5.91. The minimum Gasteiger partial charge on any atom is -0.395 e. The van der Waals surface area contributed by atoms with E-state index in [4.69, 9.17) is 4.52 Å². The lowest BCUT2D eigenvalue weighted by molar-refractivity contribution is -0.286. The van der Waals surface area contributed by atoms with Crippen molar-refractivity contribution < 1.29 is 27.6 Å². The van der Waals surface area contributed by atoms with Gasteiger partial charge in [-0.2, -0.15) is 0 Å². The van der Waals surface area contributed by atoms with Crippen LogP contribution in [0.15, 0.2) is 22.7 Å². The van der Waals surface area contributed by atoms with Crippen LogP contribution in [0.3, 0.4) is 0 Å². The number of nitrogens with one attached hydrogen (secondary N) is 1. The lowest BCUT2D eigenvalue weighted by atomic mass is 10.1. The van der Waals surface area contributed by atoms with Crippen molar-refractivity contribution in [2.24, 2.45) is 0 Å². The van der Waals surface area contributed by atoms with E-state index in [1.54, 1.807) is 6.92 Å². The molecule has 0 fully saturated rings. The van der Waals surface area contributed by atoms with Gasteiger partial charge in [0.25, 0.3) is 0 Å². The summed E-state index contributed by atoms with van der Waals surface area (Å²) in [5, 5.41) is 6.45. The van der Waals surface area contributed by atoms with E-state index < -0.39 is 6.29 Å². The Hall–Kier alpha value is -2.64. The third kappa shape index (κ3) is 3.25. The molecule has 0 radical (unpaired) electrons. The molecular weight excluding hydrogens is 310 g/mol. The maximum absolute atomic E-state index is 12.9. The second-order valence-corrected chi connectivity index (χ2v) is 5.18. The minimum atomic E-state index is -3.67. The van der Waals surface area contributed by atoms with Crippen LogP contribution in [0.4, 0.5) is 14.5 Å². The summed E-state index contributed by atoms with van der Waals surface area (Å²) in [5.41, 5.74) is 2.00. The monoisotopic (exact) mass is 324 g/mol. The first-order valence-corrected chi connectivity index (χ1v) is 6.95. The van der Waals surface area contributed by atoms with Crippen LogP contribution in [0.25, 0.3) is 0 Å². The number of aromatic nitrogens is 1. The largest absolute Gasteiger partial charge is 0.586 e. The lowest BCUT2D eigenvalue weighted by Crippen LogP contribution is -2.25. The van der Waals surface area contributed by atoms with Gasteiger partial charge in [-0.1, -0.05) is 5.16 Å². The molecule has 122 valence electrons. The van der Waals surface area contributed by atoms with E-state index in [0.717, 1.165) is 11.3 Å². The summed E-state index contributed by atoms with van der Waals surface area (Å²) in [6.45, 7) is 3.59. The lowest BCUT2D eigenvalue weighted by Gasteiger charge is -2.06. The standard InChI is InChI=1S/C15H14F2N2O4/c1-8-11(9(2)23-19-8)4-6-14(20)18-10-3-5-12-13(7-10)22-15(16,17)21-12/h3,5,7H,4,6H2,1-2H3,(H,18,20). The van der Waals surface area contributed by atoms with Crippen molar-refractivity contribution in [3.63, 3.8) is 0 Å². The fourth-order valence-corrected chi connectivity index (χ4v) is 2.35. The van der Waals surface area contributed by atoms with E-state index in [1.807, 2.05) is 6.92 Å². The highest BCUT2D eigenvalue weighted by atomic mass is 19.3. The Morgan fingerprint density at radius 1 is 1.26 bits per heavy atom. The maximum atomic E-state index is 12.9. The van der Waals surface area contributed by atoms with Gasteiger partial charge >= 0.3 is 6.29 Å². The molecule has 1 aromatic heterocycles. The Kier molecular flexibility index (Phi) is 3.67.